The number of benzene rings is 3. The van der Waals surface area contributed by atoms with Crippen molar-refractivity contribution in [1.29, 1.82) is 0 Å². The summed E-state index contributed by atoms with van der Waals surface area (Å²) in [4.78, 5) is 8.81. The van der Waals surface area contributed by atoms with Gasteiger partial charge in [0.25, 0.3) is 0 Å². The molecule has 158 valence electrons. The molecule has 3 aromatic carbocycles. The van der Waals surface area contributed by atoms with E-state index in [1.54, 1.807) is 30.6 Å². The number of anilines is 2. The van der Waals surface area contributed by atoms with Crippen LogP contribution < -0.4 is 10.1 Å². The van der Waals surface area contributed by atoms with Gasteiger partial charge in [-0.15, -0.1) is 0 Å². The average Bonchev–Trinajstić information content (AvgIpc) is 2.78. The summed E-state index contributed by atoms with van der Waals surface area (Å²) >= 11 is 6.43. The Balaban J connectivity index is 1.54. The Bertz CT molecular complexity index is 1210. The van der Waals surface area contributed by atoms with Crippen molar-refractivity contribution < 1.29 is 9.13 Å². The minimum absolute atomic E-state index is 0.235. The van der Waals surface area contributed by atoms with Crippen molar-refractivity contribution in [2.45, 2.75) is 32.8 Å². The molecule has 1 unspecified atom stereocenters. The van der Waals surface area contributed by atoms with Gasteiger partial charge in [-0.2, -0.15) is 0 Å². The first kappa shape index (κ1) is 21.1. The van der Waals surface area contributed by atoms with E-state index in [-0.39, 0.29) is 12.4 Å². The maximum Gasteiger partial charge on any atom is 0.141 e. The zero-order valence-corrected chi connectivity index (χ0v) is 18.2. The van der Waals surface area contributed by atoms with Crippen LogP contribution in [-0.4, -0.2) is 9.97 Å². The third-order valence-corrected chi connectivity index (χ3v) is 5.61. The molecule has 1 aromatic heterocycles. The van der Waals surface area contributed by atoms with Crippen LogP contribution in [0.5, 0.6) is 5.75 Å². The van der Waals surface area contributed by atoms with Crippen LogP contribution in [0, 0.1) is 5.82 Å². The van der Waals surface area contributed by atoms with Crippen LogP contribution in [0.3, 0.4) is 0 Å². The summed E-state index contributed by atoms with van der Waals surface area (Å²) in [5.41, 5.74) is 3.66. The number of rotatable bonds is 7. The third-order valence-electron chi connectivity index (χ3n) is 5.32. The third kappa shape index (κ3) is 4.94. The van der Waals surface area contributed by atoms with E-state index in [1.165, 1.54) is 17.7 Å². The topological polar surface area (TPSA) is 47.0 Å². The van der Waals surface area contributed by atoms with Crippen LogP contribution in [0.15, 0.2) is 67.0 Å². The number of ether oxygens (including phenoxy) is 1. The summed E-state index contributed by atoms with van der Waals surface area (Å²) in [5.74, 6) is 1.42. The summed E-state index contributed by atoms with van der Waals surface area (Å²) < 4.78 is 19.1. The van der Waals surface area contributed by atoms with E-state index >= 15 is 0 Å². The highest BCUT2D eigenvalue weighted by atomic mass is 35.5. The minimum atomic E-state index is -0.291. The molecule has 1 atom stereocenters. The van der Waals surface area contributed by atoms with Gasteiger partial charge in [0.15, 0.2) is 0 Å². The lowest BCUT2D eigenvalue weighted by atomic mass is 9.97. The van der Waals surface area contributed by atoms with E-state index in [0.717, 1.165) is 34.4 Å². The van der Waals surface area contributed by atoms with Gasteiger partial charge >= 0.3 is 0 Å². The summed E-state index contributed by atoms with van der Waals surface area (Å²) in [6.45, 7) is 4.62. The molecule has 1 heterocycles. The molecule has 0 amide bonds. The Kier molecular flexibility index (Phi) is 6.33. The van der Waals surface area contributed by atoms with Crippen molar-refractivity contribution in [3.8, 4) is 5.75 Å². The Labute approximate surface area is 186 Å². The zero-order valence-electron chi connectivity index (χ0n) is 17.4. The molecule has 0 saturated carbocycles. The van der Waals surface area contributed by atoms with Gasteiger partial charge in [-0.05, 0) is 65.9 Å². The Morgan fingerprint density at radius 1 is 1.06 bits per heavy atom. The molecule has 0 bridgehead atoms. The molecule has 0 radical (unpaired) electrons. The standard InChI is InChI=1S/C25H23ClFN3O/c1-3-16(2)18-7-9-23-21(12-18)25(29-15-28-23)30-20-8-10-24(22(26)13-20)31-14-17-5-4-6-19(27)11-17/h4-13,15-16H,3,14H2,1-2H3,(H,28,29,30). The Morgan fingerprint density at radius 3 is 2.71 bits per heavy atom. The predicted octanol–water partition coefficient (Wildman–Crippen LogP) is 7.26. The number of hydrogen-bond acceptors (Lipinski definition) is 4. The highest BCUT2D eigenvalue weighted by Gasteiger charge is 2.10. The van der Waals surface area contributed by atoms with Gasteiger partial charge in [0, 0.05) is 11.1 Å². The fraction of sp³-hybridized carbons (Fsp3) is 0.200. The number of hydrogen-bond donors (Lipinski definition) is 1. The molecule has 1 N–H and O–H groups in total. The second kappa shape index (κ2) is 9.31. The lowest BCUT2D eigenvalue weighted by molar-refractivity contribution is 0.306. The van der Waals surface area contributed by atoms with E-state index in [2.05, 4.69) is 41.3 Å². The fourth-order valence-electron chi connectivity index (χ4n) is 3.34. The normalized spacial score (nSPS) is 12.0. The van der Waals surface area contributed by atoms with Gasteiger partial charge < -0.3 is 10.1 Å². The minimum Gasteiger partial charge on any atom is -0.487 e. The van der Waals surface area contributed by atoms with E-state index in [0.29, 0.717) is 16.7 Å². The summed E-state index contributed by atoms with van der Waals surface area (Å²) in [6.07, 6.45) is 2.61. The van der Waals surface area contributed by atoms with Crippen LogP contribution in [0.25, 0.3) is 10.9 Å². The SMILES string of the molecule is CCC(C)c1ccc2ncnc(Nc3ccc(OCc4cccc(F)c4)c(Cl)c3)c2c1. The summed E-state index contributed by atoms with van der Waals surface area (Å²) in [6, 6.07) is 18.0. The largest absolute Gasteiger partial charge is 0.487 e. The maximum atomic E-state index is 13.3. The van der Waals surface area contributed by atoms with Gasteiger partial charge in [-0.3, -0.25) is 0 Å². The molecule has 4 nitrogen and oxygen atoms in total. The van der Waals surface area contributed by atoms with E-state index in [9.17, 15) is 4.39 Å². The Hall–Kier alpha value is -3.18. The van der Waals surface area contributed by atoms with Crippen LogP contribution in [0.4, 0.5) is 15.9 Å². The van der Waals surface area contributed by atoms with Crippen molar-refractivity contribution >= 4 is 34.0 Å². The van der Waals surface area contributed by atoms with Crippen molar-refractivity contribution in [1.82, 2.24) is 9.97 Å². The number of halogens is 2. The fourth-order valence-corrected chi connectivity index (χ4v) is 3.57. The summed E-state index contributed by atoms with van der Waals surface area (Å²) in [5, 5.41) is 4.76. The monoisotopic (exact) mass is 435 g/mol. The molecule has 0 spiro atoms. The van der Waals surface area contributed by atoms with Gasteiger partial charge in [-0.25, -0.2) is 14.4 Å². The Morgan fingerprint density at radius 2 is 1.94 bits per heavy atom. The molecule has 4 rings (SSSR count). The predicted molar refractivity (Wildman–Crippen MR) is 124 cm³/mol. The second-order valence-electron chi connectivity index (χ2n) is 7.50. The quantitative estimate of drug-likeness (QED) is 0.332. The molecule has 4 aromatic rings. The second-order valence-corrected chi connectivity index (χ2v) is 7.90. The highest BCUT2D eigenvalue weighted by Crippen LogP contribution is 2.32. The molecule has 0 fully saturated rings. The van der Waals surface area contributed by atoms with E-state index in [4.69, 9.17) is 16.3 Å². The molecule has 0 aliphatic carbocycles. The van der Waals surface area contributed by atoms with Crippen LogP contribution in [-0.2, 0) is 6.61 Å². The molecule has 0 saturated heterocycles. The molecule has 0 aliphatic heterocycles. The smallest absolute Gasteiger partial charge is 0.141 e. The van der Waals surface area contributed by atoms with Crippen molar-refractivity contribution in [3.05, 3.63) is 89.0 Å². The van der Waals surface area contributed by atoms with E-state index in [1.807, 2.05) is 12.1 Å². The van der Waals surface area contributed by atoms with Crippen LogP contribution in [0.2, 0.25) is 5.02 Å². The molecule has 31 heavy (non-hydrogen) atoms. The first-order valence-electron chi connectivity index (χ1n) is 10.2. The number of fused-ring (bicyclic) bond motifs is 1. The van der Waals surface area contributed by atoms with Gasteiger partial charge in [0.05, 0.1) is 10.5 Å². The van der Waals surface area contributed by atoms with Crippen molar-refractivity contribution in [2.24, 2.45) is 0 Å². The molecular formula is C25H23ClFN3O. The zero-order chi connectivity index (χ0) is 21.8. The van der Waals surface area contributed by atoms with Crippen LogP contribution >= 0.6 is 11.6 Å². The number of nitrogens with zero attached hydrogens (tertiary/aromatic N) is 2. The lowest BCUT2D eigenvalue weighted by Gasteiger charge is -2.14. The lowest BCUT2D eigenvalue weighted by Crippen LogP contribution is -1.99. The molecule has 0 aliphatic rings. The number of nitrogens with one attached hydrogen (secondary N) is 1. The molecule has 6 heteroatoms. The van der Waals surface area contributed by atoms with Gasteiger partial charge in [0.1, 0.15) is 30.3 Å². The number of aromatic nitrogens is 2. The first-order valence-corrected chi connectivity index (χ1v) is 10.6. The average molecular weight is 436 g/mol. The highest BCUT2D eigenvalue weighted by molar-refractivity contribution is 6.32. The van der Waals surface area contributed by atoms with Gasteiger partial charge in [-0.1, -0.05) is 43.6 Å². The first-order chi connectivity index (χ1) is 15.0. The van der Waals surface area contributed by atoms with Gasteiger partial charge in [0.2, 0.25) is 0 Å². The maximum absolute atomic E-state index is 13.3. The summed E-state index contributed by atoms with van der Waals surface area (Å²) in [7, 11) is 0. The van der Waals surface area contributed by atoms with Crippen LogP contribution in [0.1, 0.15) is 37.3 Å². The van der Waals surface area contributed by atoms with Crippen molar-refractivity contribution in [2.75, 3.05) is 5.32 Å². The van der Waals surface area contributed by atoms with E-state index < -0.39 is 0 Å². The van der Waals surface area contributed by atoms with Crippen molar-refractivity contribution in [3.63, 3.8) is 0 Å². The molecular weight excluding hydrogens is 413 g/mol.